The number of carbonyl (C=O) groups is 3. The number of hydrogen-bond acceptors (Lipinski definition) is 4. The van der Waals surface area contributed by atoms with Gasteiger partial charge in [-0.15, -0.1) is 0 Å². The lowest BCUT2D eigenvalue weighted by Crippen LogP contribution is -2.50. The number of urea groups is 1. The number of carbonyl (C=O) groups excluding carboxylic acids is 2. The quantitative estimate of drug-likeness (QED) is 0.380. The Hall–Kier alpha value is -1.83. The second kappa shape index (κ2) is 7.44. The van der Waals surface area contributed by atoms with Crippen molar-refractivity contribution in [2.45, 2.75) is 25.9 Å². The number of hydrogen-bond donors (Lipinski definition) is 5. The zero-order valence-corrected chi connectivity index (χ0v) is 9.69. The molecule has 8 nitrogen and oxygen atoms in total. The van der Waals surface area contributed by atoms with Gasteiger partial charge in [0.15, 0.2) is 6.04 Å². The Morgan fingerprint density at radius 1 is 1.18 bits per heavy atom. The van der Waals surface area contributed by atoms with Crippen LogP contribution in [0.1, 0.15) is 13.8 Å². The van der Waals surface area contributed by atoms with E-state index in [0.717, 1.165) is 0 Å². The van der Waals surface area contributed by atoms with E-state index in [1.54, 1.807) is 13.8 Å². The van der Waals surface area contributed by atoms with Crippen LogP contribution < -0.4 is 16.0 Å². The van der Waals surface area contributed by atoms with Crippen LogP contribution in [0.5, 0.6) is 0 Å². The summed E-state index contributed by atoms with van der Waals surface area (Å²) in [6.45, 7) is 2.55. The van der Waals surface area contributed by atoms with Gasteiger partial charge in [0.2, 0.25) is 5.91 Å². The lowest BCUT2D eigenvalue weighted by Gasteiger charge is -2.13. The second-order valence-electron chi connectivity index (χ2n) is 3.62. The Kier molecular flexibility index (Phi) is 6.64. The van der Waals surface area contributed by atoms with Crippen molar-refractivity contribution in [3.8, 4) is 0 Å². The van der Waals surface area contributed by atoms with Gasteiger partial charge in [0.05, 0.1) is 13.2 Å². The molecular formula is C9H17N3O5. The summed E-state index contributed by atoms with van der Waals surface area (Å²) in [5, 5.41) is 23.9. The molecule has 17 heavy (non-hydrogen) atoms. The molecule has 0 aliphatic rings. The second-order valence-corrected chi connectivity index (χ2v) is 3.62. The van der Waals surface area contributed by atoms with Gasteiger partial charge in [-0.3, -0.25) is 4.79 Å². The third kappa shape index (κ3) is 7.12. The lowest BCUT2D eigenvalue weighted by molar-refractivity contribution is -0.140. The Morgan fingerprint density at radius 3 is 2.18 bits per heavy atom. The van der Waals surface area contributed by atoms with Crippen LogP contribution in [0.4, 0.5) is 4.79 Å². The Balaban J connectivity index is 3.94. The number of amides is 3. The van der Waals surface area contributed by atoms with Crippen LogP contribution in [0.15, 0.2) is 0 Å². The minimum atomic E-state index is -1.39. The van der Waals surface area contributed by atoms with E-state index in [9.17, 15) is 14.4 Å². The van der Waals surface area contributed by atoms with Crippen molar-refractivity contribution in [1.29, 1.82) is 0 Å². The van der Waals surface area contributed by atoms with E-state index in [2.05, 4.69) is 10.6 Å². The fourth-order valence-corrected chi connectivity index (χ4v) is 0.928. The SMILES string of the molecule is CC(C)NC(=O)CNC(=O)NC(CO)C(=O)O. The molecule has 1 unspecified atom stereocenters. The van der Waals surface area contributed by atoms with Crippen molar-refractivity contribution in [3.63, 3.8) is 0 Å². The average Bonchev–Trinajstić information content (AvgIpc) is 2.21. The fraction of sp³-hybridized carbons (Fsp3) is 0.667. The summed E-state index contributed by atoms with van der Waals surface area (Å²) in [5.41, 5.74) is 0. The van der Waals surface area contributed by atoms with Crippen LogP contribution >= 0.6 is 0 Å². The Labute approximate surface area is 98.4 Å². The first-order valence-electron chi connectivity index (χ1n) is 5.04. The van der Waals surface area contributed by atoms with Crippen molar-refractivity contribution in [3.05, 3.63) is 0 Å². The predicted octanol–water partition coefficient (Wildman–Crippen LogP) is -1.74. The standard InChI is InChI=1S/C9H17N3O5/c1-5(2)11-7(14)3-10-9(17)12-6(4-13)8(15)16/h5-6,13H,3-4H2,1-2H3,(H,11,14)(H,15,16)(H2,10,12,17). The van der Waals surface area contributed by atoms with E-state index in [1.165, 1.54) is 0 Å². The molecule has 0 aromatic heterocycles. The number of aliphatic hydroxyl groups is 1. The van der Waals surface area contributed by atoms with Crippen molar-refractivity contribution < 1.29 is 24.6 Å². The molecule has 0 saturated heterocycles. The molecule has 5 N–H and O–H groups in total. The van der Waals surface area contributed by atoms with Crippen molar-refractivity contribution in [1.82, 2.24) is 16.0 Å². The molecule has 0 heterocycles. The van der Waals surface area contributed by atoms with Gasteiger partial charge in [-0.05, 0) is 13.8 Å². The molecular weight excluding hydrogens is 230 g/mol. The number of carboxylic acid groups (broad SMARTS) is 1. The molecule has 3 amide bonds. The Morgan fingerprint density at radius 2 is 1.76 bits per heavy atom. The smallest absolute Gasteiger partial charge is 0.328 e. The Bertz CT molecular complexity index is 292. The molecule has 0 saturated carbocycles. The maximum Gasteiger partial charge on any atom is 0.328 e. The summed E-state index contributed by atoms with van der Waals surface area (Å²) >= 11 is 0. The number of rotatable bonds is 6. The minimum absolute atomic E-state index is 0.0448. The predicted molar refractivity (Wildman–Crippen MR) is 58.3 cm³/mol. The molecule has 0 aliphatic heterocycles. The van der Waals surface area contributed by atoms with E-state index < -0.39 is 24.6 Å². The summed E-state index contributed by atoms with van der Waals surface area (Å²) in [5.74, 6) is -1.74. The molecule has 0 aromatic carbocycles. The summed E-state index contributed by atoms with van der Waals surface area (Å²) in [6.07, 6.45) is 0. The molecule has 0 spiro atoms. The van der Waals surface area contributed by atoms with E-state index in [-0.39, 0.29) is 18.5 Å². The van der Waals surface area contributed by atoms with Crippen molar-refractivity contribution in [2.24, 2.45) is 0 Å². The molecule has 0 bridgehead atoms. The zero-order chi connectivity index (χ0) is 13.4. The maximum atomic E-state index is 11.1. The third-order valence-electron chi connectivity index (χ3n) is 1.65. The zero-order valence-electron chi connectivity index (χ0n) is 9.69. The summed E-state index contributed by atoms with van der Waals surface area (Å²) in [7, 11) is 0. The van der Waals surface area contributed by atoms with E-state index >= 15 is 0 Å². The molecule has 0 aliphatic carbocycles. The van der Waals surface area contributed by atoms with Gasteiger partial charge in [-0.1, -0.05) is 0 Å². The van der Waals surface area contributed by atoms with E-state index in [0.29, 0.717) is 0 Å². The highest BCUT2D eigenvalue weighted by atomic mass is 16.4. The van der Waals surface area contributed by atoms with Crippen LogP contribution in [0, 0.1) is 0 Å². The number of nitrogens with one attached hydrogen (secondary N) is 3. The number of aliphatic hydroxyl groups excluding tert-OH is 1. The van der Waals surface area contributed by atoms with Gasteiger partial charge < -0.3 is 26.2 Å². The van der Waals surface area contributed by atoms with Crippen LogP contribution in [0.2, 0.25) is 0 Å². The molecule has 0 rings (SSSR count). The topological polar surface area (TPSA) is 128 Å². The molecule has 8 heteroatoms. The van der Waals surface area contributed by atoms with Crippen LogP contribution in [-0.4, -0.2) is 53.4 Å². The highest BCUT2D eigenvalue weighted by molar-refractivity contribution is 5.86. The molecule has 1 atom stereocenters. The summed E-state index contributed by atoms with van der Waals surface area (Å²) in [4.78, 5) is 32.7. The highest BCUT2D eigenvalue weighted by Crippen LogP contribution is 1.82. The van der Waals surface area contributed by atoms with Gasteiger partial charge in [0.25, 0.3) is 0 Å². The van der Waals surface area contributed by atoms with Crippen LogP contribution in [-0.2, 0) is 9.59 Å². The molecule has 98 valence electrons. The fourth-order valence-electron chi connectivity index (χ4n) is 0.928. The van der Waals surface area contributed by atoms with Gasteiger partial charge in [0.1, 0.15) is 0 Å². The maximum absolute atomic E-state index is 11.1. The van der Waals surface area contributed by atoms with Crippen LogP contribution in [0.25, 0.3) is 0 Å². The van der Waals surface area contributed by atoms with Gasteiger partial charge in [-0.2, -0.15) is 0 Å². The van der Waals surface area contributed by atoms with Gasteiger partial charge in [0, 0.05) is 6.04 Å². The molecule has 0 radical (unpaired) electrons. The monoisotopic (exact) mass is 247 g/mol. The normalized spacial score (nSPS) is 11.8. The van der Waals surface area contributed by atoms with E-state index in [4.69, 9.17) is 10.2 Å². The lowest BCUT2D eigenvalue weighted by atomic mass is 10.3. The molecule has 0 aromatic rings. The first-order valence-corrected chi connectivity index (χ1v) is 5.04. The first kappa shape index (κ1) is 15.2. The third-order valence-corrected chi connectivity index (χ3v) is 1.65. The van der Waals surface area contributed by atoms with Crippen molar-refractivity contribution in [2.75, 3.05) is 13.2 Å². The molecule has 0 fully saturated rings. The highest BCUT2D eigenvalue weighted by Gasteiger charge is 2.18. The van der Waals surface area contributed by atoms with E-state index in [1.807, 2.05) is 5.32 Å². The summed E-state index contributed by atoms with van der Waals surface area (Å²) < 4.78 is 0. The number of aliphatic carboxylic acids is 1. The van der Waals surface area contributed by atoms with Gasteiger partial charge in [-0.25, -0.2) is 9.59 Å². The summed E-state index contributed by atoms with van der Waals surface area (Å²) in [6, 6.07) is -2.26. The first-order chi connectivity index (χ1) is 7.86. The number of carboxylic acids is 1. The average molecular weight is 247 g/mol. The minimum Gasteiger partial charge on any atom is -0.480 e. The van der Waals surface area contributed by atoms with Crippen molar-refractivity contribution >= 4 is 17.9 Å². The largest absolute Gasteiger partial charge is 0.480 e. The van der Waals surface area contributed by atoms with Gasteiger partial charge >= 0.3 is 12.0 Å². The van der Waals surface area contributed by atoms with Crippen LogP contribution in [0.3, 0.4) is 0 Å².